The summed E-state index contributed by atoms with van der Waals surface area (Å²) >= 11 is 1.22. The van der Waals surface area contributed by atoms with Crippen LogP contribution in [-0.4, -0.2) is 99.3 Å². The molecule has 59 heavy (non-hydrogen) atoms. The van der Waals surface area contributed by atoms with E-state index in [0.717, 1.165) is 6.42 Å². The number of aromatic nitrogens is 4. The van der Waals surface area contributed by atoms with Crippen LogP contribution < -0.4 is 10.6 Å². The van der Waals surface area contributed by atoms with Gasteiger partial charge in [-0.1, -0.05) is 27.7 Å². The van der Waals surface area contributed by atoms with Gasteiger partial charge in [-0.3, -0.25) is 9.59 Å². The predicted octanol–water partition coefficient (Wildman–Crippen LogP) is 7.46. The molecule has 4 N–H and O–H groups in total. The third-order valence-corrected chi connectivity index (χ3v) is 12.4. The van der Waals surface area contributed by atoms with Crippen molar-refractivity contribution < 1.29 is 41.8 Å². The number of aryl methyl sites for hydroxylation is 1. The smallest absolute Gasteiger partial charge is 0.407 e. The van der Waals surface area contributed by atoms with Gasteiger partial charge in [0.1, 0.15) is 41.5 Å². The second-order valence-electron chi connectivity index (χ2n) is 15.8. The highest BCUT2D eigenvalue weighted by Crippen LogP contribution is 2.43. The molecule has 4 amide bonds. The number of rotatable bonds is 10. The van der Waals surface area contributed by atoms with Crippen LogP contribution in [0, 0.1) is 30.4 Å². The highest BCUT2D eigenvalue weighted by atomic mass is 32.1. The summed E-state index contributed by atoms with van der Waals surface area (Å²) in [5.74, 6) is -1.56. The molecular weight excluding hydrogens is 790 g/mol. The molecule has 2 aromatic carbocycles. The van der Waals surface area contributed by atoms with Gasteiger partial charge in [0.25, 0.3) is 0 Å². The molecule has 3 aromatic heterocycles. The maximum atomic E-state index is 15.9. The van der Waals surface area contributed by atoms with Gasteiger partial charge in [-0.25, -0.2) is 32.7 Å². The molecule has 0 saturated carbocycles. The normalized spacial score (nSPS) is 19.2. The number of fused-ring (bicyclic) bond motifs is 2. The average Bonchev–Trinajstić information content (AvgIpc) is 4.04. The highest BCUT2D eigenvalue weighted by Gasteiger charge is 2.42. The van der Waals surface area contributed by atoms with Crippen molar-refractivity contribution in [2.45, 2.75) is 84.2 Å². The minimum Gasteiger partial charge on any atom is -0.453 e. The van der Waals surface area contributed by atoms with Crippen molar-refractivity contribution in [1.82, 2.24) is 40.4 Å². The van der Waals surface area contributed by atoms with E-state index in [1.165, 1.54) is 42.6 Å². The number of benzene rings is 2. The summed E-state index contributed by atoms with van der Waals surface area (Å²) in [6, 6.07) is 4.70. The van der Waals surface area contributed by atoms with Crippen LogP contribution in [-0.2, 0) is 19.1 Å². The summed E-state index contributed by atoms with van der Waals surface area (Å²) in [4.78, 5) is 71.2. The van der Waals surface area contributed by atoms with E-state index >= 15 is 8.78 Å². The number of nitrogens with one attached hydrogen (secondary N) is 4. The van der Waals surface area contributed by atoms with Crippen molar-refractivity contribution in [3.05, 3.63) is 59.2 Å². The van der Waals surface area contributed by atoms with Crippen LogP contribution in [0.1, 0.15) is 76.3 Å². The molecular formula is C41H47F3N8O6S. The van der Waals surface area contributed by atoms with Gasteiger partial charge in [-0.2, -0.15) is 0 Å². The molecule has 314 valence electrons. The molecule has 5 aromatic rings. The zero-order valence-electron chi connectivity index (χ0n) is 33.7. The number of alkyl halides is 1. The van der Waals surface area contributed by atoms with Crippen molar-refractivity contribution in [3.8, 4) is 20.9 Å². The minimum absolute atomic E-state index is 0.0324. The second-order valence-corrected chi connectivity index (χ2v) is 16.9. The van der Waals surface area contributed by atoms with Crippen LogP contribution >= 0.6 is 11.3 Å². The number of halogens is 3. The number of hydrogen-bond acceptors (Lipinski definition) is 9. The number of ether oxygens (including phenoxy) is 2. The Kier molecular flexibility index (Phi) is 11.6. The lowest BCUT2D eigenvalue weighted by molar-refractivity contribution is -0.136. The lowest BCUT2D eigenvalue weighted by Crippen LogP contribution is -2.51. The van der Waals surface area contributed by atoms with E-state index in [4.69, 9.17) is 4.74 Å². The number of methoxy groups -OCH3 is 2. The molecule has 5 atom stereocenters. The Morgan fingerprint density at radius 2 is 1.32 bits per heavy atom. The van der Waals surface area contributed by atoms with E-state index in [0.29, 0.717) is 56.2 Å². The van der Waals surface area contributed by atoms with Crippen LogP contribution in [0.4, 0.5) is 22.8 Å². The number of imidazole rings is 2. The van der Waals surface area contributed by atoms with Gasteiger partial charge < -0.3 is 39.9 Å². The molecule has 2 fully saturated rings. The fourth-order valence-electron chi connectivity index (χ4n) is 8.02. The number of nitrogens with zero attached hydrogens (tertiary/aromatic N) is 4. The average molecular weight is 837 g/mol. The van der Waals surface area contributed by atoms with Crippen molar-refractivity contribution in [2.75, 3.05) is 27.3 Å². The van der Waals surface area contributed by atoms with E-state index in [2.05, 4.69) is 35.3 Å². The first-order chi connectivity index (χ1) is 28.1. The minimum atomic E-state index is -1.34. The van der Waals surface area contributed by atoms with Gasteiger partial charge in [0.05, 0.1) is 54.9 Å². The van der Waals surface area contributed by atoms with E-state index in [-0.39, 0.29) is 47.6 Å². The summed E-state index contributed by atoms with van der Waals surface area (Å²) in [5, 5.41) is 5.18. The zero-order valence-corrected chi connectivity index (χ0v) is 34.6. The maximum absolute atomic E-state index is 15.9. The molecule has 14 nitrogen and oxygen atoms in total. The highest BCUT2D eigenvalue weighted by molar-refractivity contribution is 7.19. The summed E-state index contributed by atoms with van der Waals surface area (Å²) in [6.45, 7) is 9.28. The number of alkyl carbamates (subject to hydrolysis) is 2. The molecule has 2 aliphatic heterocycles. The number of carbonyl (C=O) groups excluding carboxylic acids is 4. The number of H-pyrrole nitrogens is 2. The number of thiophene rings is 1. The molecule has 0 bridgehead atoms. The number of aromatic amines is 2. The molecule has 18 heteroatoms. The Bertz CT molecular complexity index is 2430. The van der Waals surface area contributed by atoms with E-state index < -0.39 is 60.1 Å². The Labute approximate surface area is 342 Å². The fraction of sp³-hybridized carbons (Fsp3) is 0.463. The van der Waals surface area contributed by atoms with Crippen LogP contribution in [0.2, 0.25) is 0 Å². The van der Waals surface area contributed by atoms with Gasteiger partial charge in [0.15, 0.2) is 0 Å². The third-order valence-electron chi connectivity index (χ3n) is 11.1. The van der Waals surface area contributed by atoms with Crippen LogP contribution in [0.25, 0.3) is 42.9 Å². The van der Waals surface area contributed by atoms with Crippen molar-refractivity contribution in [1.29, 1.82) is 0 Å². The Morgan fingerprint density at radius 3 is 1.88 bits per heavy atom. The number of amides is 4. The first kappa shape index (κ1) is 41.5. The summed E-state index contributed by atoms with van der Waals surface area (Å²) in [6.07, 6.45) is -1.49. The standard InChI is InChI=1S/C41H47F3N8O6S/c1-18(2)33(49-40(55)57-6)38(53)51-10-8-9-30(51)36-45-27-14-23(25(44)16-29(27)47-36)35-20(5)11-32(59-35)22-13-26-28(15-24(22)43)48-37(46-26)31-12-21(42)17-52(31)39(54)34(19(3)4)50-41(56)58-7/h11,13-16,18-19,21,30-31,33-34H,8-10,12,17H2,1-7H3,(H,45,47)(H,46,48)(H,49,55)(H,50,56)/t21?,30-,31-,33-,34-/m0/s1. The van der Waals surface area contributed by atoms with Crippen LogP contribution in [0.15, 0.2) is 30.3 Å². The summed E-state index contributed by atoms with van der Waals surface area (Å²) in [5.41, 5.74) is 2.95. The predicted molar refractivity (Wildman–Crippen MR) is 215 cm³/mol. The molecule has 1 unspecified atom stereocenters. The largest absolute Gasteiger partial charge is 0.453 e. The van der Waals surface area contributed by atoms with Gasteiger partial charge in [-0.15, -0.1) is 11.3 Å². The van der Waals surface area contributed by atoms with Crippen molar-refractivity contribution in [3.63, 3.8) is 0 Å². The van der Waals surface area contributed by atoms with Crippen LogP contribution in [0.5, 0.6) is 0 Å². The quantitative estimate of drug-likeness (QED) is 0.112. The number of likely N-dealkylation sites (tertiary alicyclic amines) is 2. The summed E-state index contributed by atoms with van der Waals surface area (Å²) in [7, 11) is 2.43. The maximum Gasteiger partial charge on any atom is 0.407 e. The SMILES string of the molecule is COC(=O)N[C@H](C(=O)N1CCC[C@H]1c1nc2cc(F)c(-c3sc(-c4cc5[nH]c([C@@H]6CC(F)CN6C(=O)[C@@H](NC(=O)OC)C(C)C)nc5cc4F)cc3C)cc2[nH]1)C(C)C. The van der Waals surface area contributed by atoms with Gasteiger partial charge in [0.2, 0.25) is 11.8 Å². The fourth-order valence-corrected chi connectivity index (χ4v) is 9.23. The van der Waals surface area contributed by atoms with E-state index in [9.17, 15) is 23.6 Å². The second kappa shape index (κ2) is 16.5. The molecule has 2 aliphatic rings. The first-order valence-corrected chi connectivity index (χ1v) is 20.3. The number of carbonyl (C=O) groups is 4. The van der Waals surface area contributed by atoms with Gasteiger partial charge in [0, 0.05) is 46.0 Å². The monoisotopic (exact) mass is 836 g/mol. The third kappa shape index (κ3) is 8.06. The molecule has 0 radical (unpaired) electrons. The molecule has 7 rings (SSSR count). The zero-order chi connectivity index (χ0) is 42.4. The van der Waals surface area contributed by atoms with Crippen LogP contribution in [0.3, 0.4) is 0 Å². The molecule has 0 spiro atoms. The lowest BCUT2D eigenvalue weighted by atomic mass is 10.0. The van der Waals surface area contributed by atoms with Gasteiger partial charge >= 0.3 is 12.2 Å². The lowest BCUT2D eigenvalue weighted by Gasteiger charge is -2.29. The Balaban J connectivity index is 1.15. The van der Waals surface area contributed by atoms with Crippen molar-refractivity contribution in [2.24, 2.45) is 11.8 Å². The molecule has 5 heterocycles. The Hall–Kier alpha value is -5.65. The first-order valence-electron chi connectivity index (χ1n) is 19.5. The Morgan fingerprint density at radius 1 is 0.797 bits per heavy atom. The van der Waals surface area contributed by atoms with Crippen molar-refractivity contribution >= 4 is 57.4 Å². The van der Waals surface area contributed by atoms with E-state index in [1.54, 1.807) is 36.9 Å². The summed E-state index contributed by atoms with van der Waals surface area (Å²) < 4.78 is 56.2. The topological polar surface area (TPSA) is 175 Å². The van der Waals surface area contributed by atoms with Gasteiger partial charge in [-0.05, 0) is 55.4 Å². The molecule has 2 saturated heterocycles. The number of hydrogen-bond donors (Lipinski definition) is 4. The van der Waals surface area contributed by atoms with E-state index in [1.807, 2.05) is 20.8 Å². The molecule has 0 aliphatic carbocycles.